The molecule has 2 aliphatic heterocycles. The topological polar surface area (TPSA) is 97.0 Å². The van der Waals surface area contributed by atoms with Gasteiger partial charge in [0.05, 0.1) is 25.4 Å². The summed E-state index contributed by atoms with van der Waals surface area (Å²) in [4.78, 5) is 0. The number of hydrogen-bond acceptors (Lipinski definition) is 6. The van der Waals surface area contributed by atoms with E-state index in [0.29, 0.717) is 0 Å². The third kappa shape index (κ3) is 10.6. The van der Waals surface area contributed by atoms with Gasteiger partial charge in [0.2, 0.25) is 0 Å². The van der Waals surface area contributed by atoms with Crippen LogP contribution in [-0.2, 0) is 9.47 Å². The highest BCUT2D eigenvalue weighted by atomic mass is 16.5. The van der Waals surface area contributed by atoms with Crippen LogP contribution < -0.4 is 11.1 Å². The Kier molecular flexibility index (Phi) is 14.4. The lowest BCUT2D eigenvalue weighted by Gasteiger charge is -2.04. The molecule has 2 fully saturated rings. The highest BCUT2D eigenvalue weighted by molar-refractivity contribution is 5.67. The molecule has 0 aromatic heterocycles. The van der Waals surface area contributed by atoms with Crippen molar-refractivity contribution in [1.29, 1.82) is 0 Å². The molecule has 4 rings (SSSR count). The van der Waals surface area contributed by atoms with Crippen LogP contribution >= 0.6 is 0 Å². The van der Waals surface area contributed by atoms with Gasteiger partial charge in [0, 0.05) is 31.6 Å². The molecule has 2 saturated heterocycles. The second-order valence-corrected chi connectivity index (χ2v) is 7.08. The van der Waals surface area contributed by atoms with E-state index < -0.39 is 0 Å². The van der Waals surface area contributed by atoms with Crippen molar-refractivity contribution < 1.29 is 19.7 Å². The SMILES string of the molecule is CC.CNc1ccc(-c2ccc(N)cc2)cc1.OCC1CCCO1.OCC1CCCO1. The highest BCUT2D eigenvalue weighted by Gasteiger charge is 2.13. The number of ether oxygens (including phenoxy) is 2. The molecule has 0 aliphatic carbocycles. The lowest BCUT2D eigenvalue weighted by atomic mass is 10.1. The first-order valence-electron chi connectivity index (χ1n) is 11.2. The molecule has 2 aromatic carbocycles. The van der Waals surface area contributed by atoms with Gasteiger partial charge in [0.25, 0.3) is 0 Å². The van der Waals surface area contributed by atoms with Crippen molar-refractivity contribution in [3.05, 3.63) is 48.5 Å². The van der Waals surface area contributed by atoms with E-state index in [9.17, 15) is 0 Å². The van der Waals surface area contributed by atoms with Crippen molar-refractivity contribution in [2.75, 3.05) is 44.5 Å². The predicted molar refractivity (Wildman–Crippen MR) is 129 cm³/mol. The predicted octanol–water partition coefficient (Wildman–Crippen LogP) is 4.32. The number of aliphatic hydroxyl groups excluding tert-OH is 2. The summed E-state index contributed by atoms with van der Waals surface area (Å²) in [5, 5.41) is 20.0. The summed E-state index contributed by atoms with van der Waals surface area (Å²) in [5.41, 5.74) is 9.95. The van der Waals surface area contributed by atoms with Crippen LogP contribution in [-0.4, -0.2) is 55.9 Å². The van der Waals surface area contributed by atoms with Gasteiger partial charge in [0.15, 0.2) is 0 Å². The maximum atomic E-state index is 8.44. The van der Waals surface area contributed by atoms with E-state index in [1.54, 1.807) is 0 Å². The number of hydrogen-bond donors (Lipinski definition) is 4. The second-order valence-electron chi connectivity index (χ2n) is 7.08. The van der Waals surface area contributed by atoms with E-state index in [0.717, 1.165) is 50.3 Å². The number of nitrogens with two attached hydrogens (primary N) is 1. The van der Waals surface area contributed by atoms with E-state index in [1.165, 1.54) is 11.1 Å². The third-order valence-corrected chi connectivity index (χ3v) is 4.87. The molecule has 174 valence electrons. The smallest absolute Gasteiger partial charge is 0.0806 e. The first kappa shape index (κ1) is 26.9. The third-order valence-electron chi connectivity index (χ3n) is 4.87. The molecule has 2 aromatic rings. The lowest BCUT2D eigenvalue weighted by Crippen LogP contribution is -2.09. The van der Waals surface area contributed by atoms with E-state index in [-0.39, 0.29) is 25.4 Å². The van der Waals surface area contributed by atoms with Crippen molar-refractivity contribution in [3.63, 3.8) is 0 Å². The summed E-state index contributed by atoms with van der Waals surface area (Å²) >= 11 is 0. The average Bonchev–Trinajstić information content (AvgIpc) is 3.56. The standard InChI is InChI=1S/C13H14N2.2C5H10O2.C2H6/c1-15-13-8-4-11(5-9-13)10-2-6-12(14)7-3-10;2*6-4-5-2-1-3-7-5;1-2/h2-9,15H,14H2,1H3;2*5-6H,1-4H2;1-2H3. The molecule has 0 amide bonds. The monoisotopic (exact) mass is 432 g/mol. The minimum absolute atomic E-state index is 0.153. The zero-order chi connectivity index (χ0) is 22.9. The molecule has 6 heteroatoms. The molecule has 5 N–H and O–H groups in total. The Labute approximate surface area is 187 Å². The fraction of sp³-hybridized carbons (Fsp3) is 0.520. The first-order chi connectivity index (χ1) is 15.2. The van der Waals surface area contributed by atoms with Gasteiger partial charge in [-0.15, -0.1) is 0 Å². The van der Waals surface area contributed by atoms with Gasteiger partial charge < -0.3 is 30.7 Å². The van der Waals surface area contributed by atoms with Crippen LogP contribution in [0.2, 0.25) is 0 Å². The van der Waals surface area contributed by atoms with E-state index in [4.69, 9.17) is 25.4 Å². The summed E-state index contributed by atoms with van der Waals surface area (Å²) in [6.07, 6.45) is 4.61. The van der Waals surface area contributed by atoms with Crippen molar-refractivity contribution in [2.45, 2.75) is 51.7 Å². The number of rotatable bonds is 4. The van der Waals surface area contributed by atoms with Crippen molar-refractivity contribution in [2.24, 2.45) is 0 Å². The minimum Gasteiger partial charge on any atom is -0.399 e. The fourth-order valence-corrected chi connectivity index (χ4v) is 3.08. The quantitative estimate of drug-likeness (QED) is 0.537. The van der Waals surface area contributed by atoms with Crippen molar-refractivity contribution in [1.82, 2.24) is 0 Å². The van der Waals surface area contributed by atoms with Crippen LogP contribution in [0.3, 0.4) is 0 Å². The van der Waals surface area contributed by atoms with Gasteiger partial charge in [-0.3, -0.25) is 0 Å². The molecule has 2 heterocycles. The van der Waals surface area contributed by atoms with Gasteiger partial charge in [-0.1, -0.05) is 38.1 Å². The molecule has 31 heavy (non-hydrogen) atoms. The van der Waals surface area contributed by atoms with Crippen LogP contribution in [0.5, 0.6) is 0 Å². The van der Waals surface area contributed by atoms with Crippen LogP contribution in [0, 0.1) is 0 Å². The number of aliphatic hydroxyl groups is 2. The molecule has 0 saturated carbocycles. The van der Waals surface area contributed by atoms with Gasteiger partial charge in [-0.2, -0.15) is 0 Å². The largest absolute Gasteiger partial charge is 0.399 e. The van der Waals surface area contributed by atoms with E-state index >= 15 is 0 Å². The normalized spacial score (nSPS) is 19.1. The summed E-state index contributed by atoms with van der Waals surface area (Å²) < 4.78 is 10.1. The average molecular weight is 433 g/mol. The Morgan fingerprint density at radius 1 is 0.806 bits per heavy atom. The molecule has 6 nitrogen and oxygen atoms in total. The molecule has 2 atom stereocenters. The Morgan fingerprint density at radius 2 is 1.23 bits per heavy atom. The van der Waals surface area contributed by atoms with Gasteiger partial charge >= 0.3 is 0 Å². The summed E-state index contributed by atoms with van der Waals surface area (Å²) in [6.45, 7) is 6.07. The zero-order valence-corrected chi connectivity index (χ0v) is 19.2. The maximum Gasteiger partial charge on any atom is 0.0806 e. The number of nitrogens with one attached hydrogen (secondary N) is 1. The Balaban J connectivity index is 0.000000251. The zero-order valence-electron chi connectivity index (χ0n) is 19.2. The van der Waals surface area contributed by atoms with Gasteiger partial charge in [-0.25, -0.2) is 0 Å². The molecule has 2 aliphatic rings. The van der Waals surface area contributed by atoms with Gasteiger partial charge in [-0.05, 0) is 61.1 Å². The number of nitrogen functional groups attached to an aromatic ring is 1. The highest BCUT2D eigenvalue weighted by Crippen LogP contribution is 2.22. The summed E-state index contributed by atoms with van der Waals surface area (Å²) in [5.74, 6) is 0. The summed E-state index contributed by atoms with van der Waals surface area (Å²) in [7, 11) is 1.91. The second kappa shape index (κ2) is 16.6. The number of anilines is 2. The van der Waals surface area contributed by atoms with Crippen molar-refractivity contribution in [3.8, 4) is 11.1 Å². The molecule has 2 unspecified atom stereocenters. The molecular formula is C25H40N2O4. The Morgan fingerprint density at radius 3 is 1.52 bits per heavy atom. The molecule has 0 spiro atoms. The van der Waals surface area contributed by atoms with Gasteiger partial charge in [0.1, 0.15) is 0 Å². The first-order valence-corrected chi connectivity index (χ1v) is 11.2. The van der Waals surface area contributed by atoms with Crippen LogP contribution in [0.4, 0.5) is 11.4 Å². The van der Waals surface area contributed by atoms with E-state index in [1.807, 2.05) is 45.2 Å². The molecule has 0 bridgehead atoms. The molecular weight excluding hydrogens is 392 g/mol. The minimum atomic E-state index is 0.153. The lowest BCUT2D eigenvalue weighted by molar-refractivity contribution is 0.0591. The fourth-order valence-electron chi connectivity index (χ4n) is 3.08. The van der Waals surface area contributed by atoms with Crippen molar-refractivity contribution >= 4 is 11.4 Å². The summed E-state index contributed by atoms with van der Waals surface area (Å²) in [6, 6.07) is 16.2. The van der Waals surface area contributed by atoms with Crippen LogP contribution in [0.1, 0.15) is 39.5 Å². The molecule has 0 radical (unpaired) electrons. The number of benzene rings is 2. The Hall–Kier alpha value is -2.12. The maximum absolute atomic E-state index is 8.44. The van der Waals surface area contributed by atoms with Crippen LogP contribution in [0.25, 0.3) is 11.1 Å². The van der Waals surface area contributed by atoms with E-state index in [2.05, 4.69) is 29.6 Å². The Bertz CT molecular complexity index is 649. The van der Waals surface area contributed by atoms with Crippen LogP contribution in [0.15, 0.2) is 48.5 Å².